The first-order valence-electron chi connectivity index (χ1n) is 4.76. The number of alkyl halides is 2. The zero-order chi connectivity index (χ0) is 9.92. The van der Waals surface area contributed by atoms with E-state index in [9.17, 15) is 5.11 Å². The molecule has 0 aromatic heterocycles. The van der Waals surface area contributed by atoms with Gasteiger partial charge in [-0.25, -0.2) is 0 Å². The molecule has 3 heteroatoms. The lowest BCUT2D eigenvalue weighted by atomic mass is 9.70. The Hall–Kier alpha value is -0.240. The molecule has 0 heterocycles. The fourth-order valence-corrected chi connectivity index (χ4v) is 3.65. The first kappa shape index (κ1) is 9.02. The average molecular weight is 229 g/mol. The van der Waals surface area contributed by atoms with Crippen LogP contribution >= 0.6 is 23.2 Å². The highest BCUT2D eigenvalue weighted by molar-refractivity contribution is 6.50. The van der Waals surface area contributed by atoms with Crippen molar-refractivity contribution < 1.29 is 5.11 Å². The quantitative estimate of drug-likeness (QED) is 0.677. The van der Waals surface area contributed by atoms with E-state index in [1.807, 2.05) is 12.1 Å². The number of aliphatic hydroxyl groups excluding tert-OH is 1. The van der Waals surface area contributed by atoms with Gasteiger partial charge in [0, 0.05) is 11.8 Å². The van der Waals surface area contributed by atoms with Gasteiger partial charge in [-0.2, -0.15) is 0 Å². The molecule has 2 aliphatic carbocycles. The van der Waals surface area contributed by atoms with Crippen LogP contribution < -0.4 is 0 Å². The molecule has 1 nitrogen and oxygen atoms in total. The van der Waals surface area contributed by atoms with Gasteiger partial charge in [0.15, 0.2) is 4.33 Å². The monoisotopic (exact) mass is 228 g/mol. The van der Waals surface area contributed by atoms with Crippen molar-refractivity contribution in [2.75, 3.05) is 0 Å². The summed E-state index contributed by atoms with van der Waals surface area (Å²) in [7, 11) is 0. The minimum absolute atomic E-state index is 0.122. The van der Waals surface area contributed by atoms with E-state index >= 15 is 0 Å². The van der Waals surface area contributed by atoms with Crippen LogP contribution in [-0.4, -0.2) is 15.5 Å². The van der Waals surface area contributed by atoms with E-state index in [0.29, 0.717) is 0 Å². The molecule has 0 bridgehead atoms. The van der Waals surface area contributed by atoms with Crippen LogP contribution in [0, 0.1) is 5.92 Å². The molecule has 0 aliphatic heterocycles. The summed E-state index contributed by atoms with van der Waals surface area (Å²) in [6.07, 6.45) is 0.326. The smallest absolute Gasteiger partial charge is 0.151 e. The number of hydrogen-bond donors (Lipinski definition) is 1. The van der Waals surface area contributed by atoms with E-state index in [-0.39, 0.29) is 11.8 Å². The number of aliphatic hydroxyl groups is 1. The molecule has 74 valence electrons. The lowest BCUT2D eigenvalue weighted by molar-refractivity contribution is -0.00136. The Balaban J connectivity index is 2.08. The zero-order valence-corrected chi connectivity index (χ0v) is 8.96. The molecule has 0 radical (unpaired) electrons. The van der Waals surface area contributed by atoms with Crippen molar-refractivity contribution in [2.45, 2.75) is 22.8 Å². The second-order valence-electron chi connectivity index (χ2n) is 4.16. The summed E-state index contributed by atoms with van der Waals surface area (Å²) in [5.74, 6) is 0.347. The maximum absolute atomic E-state index is 9.75. The summed E-state index contributed by atoms with van der Waals surface area (Å²) < 4.78 is -0.975. The lowest BCUT2D eigenvalue weighted by Crippen LogP contribution is -2.56. The van der Waals surface area contributed by atoms with Gasteiger partial charge < -0.3 is 5.11 Å². The first-order chi connectivity index (χ1) is 6.62. The molecule has 1 N–H and O–H groups in total. The molecule has 0 saturated heterocycles. The number of benzene rings is 1. The van der Waals surface area contributed by atoms with Crippen LogP contribution in [0.2, 0.25) is 0 Å². The van der Waals surface area contributed by atoms with Gasteiger partial charge in [0.1, 0.15) is 0 Å². The van der Waals surface area contributed by atoms with Gasteiger partial charge in [0.05, 0.1) is 6.10 Å². The van der Waals surface area contributed by atoms with Gasteiger partial charge >= 0.3 is 0 Å². The highest BCUT2D eigenvalue weighted by Gasteiger charge is 2.63. The van der Waals surface area contributed by atoms with Gasteiger partial charge in [0.25, 0.3) is 0 Å². The molecule has 1 saturated carbocycles. The highest BCUT2D eigenvalue weighted by atomic mass is 35.5. The van der Waals surface area contributed by atoms with E-state index in [2.05, 4.69) is 12.1 Å². The molecule has 14 heavy (non-hydrogen) atoms. The zero-order valence-electron chi connectivity index (χ0n) is 7.45. The molecule has 2 aliphatic rings. The summed E-state index contributed by atoms with van der Waals surface area (Å²) >= 11 is 12.2. The van der Waals surface area contributed by atoms with Crippen molar-refractivity contribution in [3.63, 3.8) is 0 Å². The molecular weight excluding hydrogens is 219 g/mol. The van der Waals surface area contributed by atoms with E-state index < -0.39 is 10.4 Å². The van der Waals surface area contributed by atoms with Crippen molar-refractivity contribution in [3.8, 4) is 0 Å². The van der Waals surface area contributed by atoms with Crippen LogP contribution in [0.4, 0.5) is 0 Å². The van der Waals surface area contributed by atoms with E-state index in [4.69, 9.17) is 23.2 Å². The summed E-state index contributed by atoms with van der Waals surface area (Å²) in [6, 6.07) is 8.16. The number of fused-ring (bicyclic) bond motifs is 3. The molecule has 3 unspecified atom stereocenters. The Kier molecular flexibility index (Phi) is 1.71. The topological polar surface area (TPSA) is 20.2 Å². The van der Waals surface area contributed by atoms with Crippen molar-refractivity contribution in [1.82, 2.24) is 0 Å². The summed E-state index contributed by atoms with van der Waals surface area (Å²) in [4.78, 5) is 0. The molecule has 0 spiro atoms. The van der Waals surface area contributed by atoms with Gasteiger partial charge in [0.2, 0.25) is 0 Å². The van der Waals surface area contributed by atoms with Crippen LogP contribution in [0.3, 0.4) is 0 Å². The Bertz CT molecular complexity index is 389. The maximum atomic E-state index is 9.75. The molecular formula is C11H10Cl2O. The predicted octanol–water partition coefficient (Wildman–Crippen LogP) is 2.49. The molecule has 1 fully saturated rings. The largest absolute Gasteiger partial charge is 0.390 e. The van der Waals surface area contributed by atoms with Crippen molar-refractivity contribution in [2.24, 2.45) is 5.92 Å². The standard InChI is InChI=1S/C11H10Cl2O/c12-11(13)9-7-4-2-1-3-6(7)5-8(9)10(11)14/h1-4,8-10,14H,5H2. The number of rotatable bonds is 0. The lowest BCUT2D eigenvalue weighted by Gasteiger charge is -2.48. The third-order valence-electron chi connectivity index (χ3n) is 3.49. The normalized spacial score (nSPS) is 37.2. The fraction of sp³-hybridized carbons (Fsp3) is 0.455. The van der Waals surface area contributed by atoms with Crippen LogP contribution in [-0.2, 0) is 6.42 Å². The second kappa shape index (κ2) is 2.66. The average Bonchev–Trinajstić information content (AvgIpc) is 2.54. The minimum Gasteiger partial charge on any atom is -0.390 e. The van der Waals surface area contributed by atoms with E-state index in [1.54, 1.807) is 0 Å². The van der Waals surface area contributed by atoms with Gasteiger partial charge in [-0.05, 0) is 17.5 Å². The Labute approximate surface area is 92.6 Å². The summed E-state index contributed by atoms with van der Waals surface area (Å²) in [6.45, 7) is 0. The molecule has 3 rings (SSSR count). The van der Waals surface area contributed by atoms with E-state index in [1.165, 1.54) is 11.1 Å². The third-order valence-corrected chi connectivity index (χ3v) is 4.41. The van der Waals surface area contributed by atoms with Crippen molar-refractivity contribution in [3.05, 3.63) is 35.4 Å². The summed E-state index contributed by atoms with van der Waals surface area (Å²) in [5, 5.41) is 9.75. The van der Waals surface area contributed by atoms with Crippen molar-refractivity contribution in [1.29, 1.82) is 0 Å². The molecule has 1 aromatic carbocycles. The minimum atomic E-state index is -0.975. The van der Waals surface area contributed by atoms with Gasteiger partial charge in [-0.15, -0.1) is 0 Å². The van der Waals surface area contributed by atoms with Crippen LogP contribution in [0.15, 0.2) is 24.3 Å². The van der Waals surface area contributed by atoms with Crippen molar-refractivity contribution >= 4 is 23.2 Å². The third kappa shape index (κ3) is 0.906. The number of halogens is 2. The fourth-order valence-electron chi connectivity index (χ4n) is 2.76. The first-order valence-corrected chi connectivity index (χ1v) is 5.51. The van der Waals surface area contributed by atoms with Crippen LogP contribution in [0.1, 0.15) is 17.0 Å². The maximum Gasteiger partial charge on any atom is 0.151 e. The van der Waals surface area contributed by atoms with Gasteiger partial charge in [-0.1, -0.05) is 47.5 Å². The molecule has 3 atom stereocenters. The van der Waals surface area contributed by atoms with Gasteiger partial charge in [-0.3, -0.25) is 0 Å². The van der Waals surface area contributed by atoms with Crippen LogP contribution in [0.25, 0.3) is 0 Å². The highest BCUT2D eigenvalue weighted by Crippen LogP contribution is 2.62. The Morgan fingerprint density at radius 2 is 2.00 bits per heavy atom. The van der Waals surface area contributed by atoms with E-state index in [0.717, 1.165) is 6.42 Å². The Morgan fingerprint density at radius 3 is 2.79 bits per heavy atom. The second-order valence-corrected chi connectivity index (χ2v) is 5.61. The molecule has 0 amide bonds. The molecule has 1 aromatic rings. The predicted molar refractivity (Wildman–Crippen MR) is 56.8 cm³/mol. The number of hydrogen-bond acceptors (Lipinski definition) is 1. The summed E-state index contributed by atoms with van der Waals surface area (Å²) in [5.41, 5.74) is 2.50. The van der Waals surface area contributed by atoms with Crippen LogP contribution in [0.5, 0.6) is 0 Å². The Morgan fingerprint density at radius 1 is 1.29 bits per heavy atom. The SMILES string of the molecule is OC1C2Cc3ccccc3C2C1(Cl)Cl.